The number of nitrogens with two attached hydrogens (primary N) is 1. The van der Waals surface area contributed by atoms with E-state index >= 15 is 0 Å². The van der Waals surface area contributed by atoms with Crippen molar-refractivity contribution in [3.05, 3.63) is 38.0 Å². The predicted octanol–water partition coefficient (Wildman–Crippen LogP) is 2.95. The third-order valence-corrected chi connectivity index (χ3v) is 5.24. The van der Waals surface area contributed by atoms with Gasteiger partial charge in [-0.05, 0) is 37.9 Å². The SMILES string of the molecule is Cc1ccsc1C(CN)N(C)Cc1scnc1C. The van der Waals surface area contributed by atoms with Gasteiger partial charge in [-0.3, -0.25) is 4.90 Å². The molecule has 1 unspecified atom stereocenters. The highest BCUT2D eigenvalue weighted by Gasteiger charge is 2.19. The van der Waals surface area contributed by atoms with E-state index in [-0.39, 0.29) is 0 Å². The van der Waals surface area contributed by atoms with Gasteiger partial charge in [-0.15, -0.1) is 22.7 Å². The van der Waals surface area contributed by atoms with Gasteiger partial charge in [-0.1, -0.05) is 0 Å². The number of aromatic nitrogens is 1. The van der Waals surface area contributed by atoms with E-state index in [1.807, 2.05) is 5.51 Å². The monoisotopic (exact) mass is 281 g/mol. The van der Waals surface area contributed by atoms with Crippen LogP contribution in [0.5, 0.6) is 0 Å². The van der Waals surface area contributed by atoms with Crippen molar-refractivity contribution in [2.24, 2.45) is 5.73 Å². The Morgan fingerprint density at radius 1 is 1.39 bits per heavy atom. The number of hydrogen-bond acceptors (Lipinski definition) is 5. The van der Waals surface area contributed by atoms with Crippen LogP contribution in [0.3, 0.4) is 0 Å². The lowest BCUT2D eigenvalue weighted by Crippen LogP contribution is -2.30. The van der Waals surface area contributed by atoms with E-state index in [2.05, 4.69) is 42.2 Å². The van der Waals surface area contributed by atoms with Crippen LogP contribution in [0.1, 0.15) is 27.1 Å². The van der Waals surface area contributed by atoms with Crippen LogP contribution in [0.2, 0.25) is 0 Å². The normalized spacial score (nSPS) is 13.2. The van der Waals surface area contributed by atoms with Crippen molar-refractivity contribution in [2.75, 3.05) is 13.6 Å². The molecule has 0 aliphatic rings. The van der Waals surface area contributed by atoms with Crippen LogP contribution < -0.4 is 5.73 Å². The van der Waals surface area contributed by atoms with E-state index in [0.717, 1.165) is 12.2 Å². The van der Waals surface area contributed by atoms with Gasteiger partial charge < -0.3 is 5.73 Å². The number of aryl methyl sites for hydroxylation is 2. The van der Waals surface area contributed by atoms with Crippen LogP contribution in [0, 0.1) is 13.8 Å². The van der Waals surface area contributed by atoms with Gasteiger partial charge in [0.1, 0.15) is 0 Å². The first-order valence-corrected chi connectivity index (χ1v) is 7.72. The largest absolute Gasteiger partial charge is 0.329 e. The first-order chi connectivity index (χ1) is 8.63. The molecule has 98 valence electrons. The van der Waals surface area contributed by atoms with Gasteiger partial charge in [0.15, 0.2) is 0 Å². The van der Waals surface area contributed by atoms with Crippen molar-refractivity contribution in [3.63, 3.8) is 0 Å². The Hall–Kier alpha value is -0.750. The Labute approximate surface area is 116 Å². The fourth-order valence-electron chi connectivity index (χ4n) is 2.03. The molecule has 2 aromatic heterocycles. The minimum absolute atomic E-state index is 0.298. The van der Waals surface area contributed by atoms with E-state index < -0.39 is 0 Å². The van der Waals surface area contributed by atoms with Crippen LogP contribution in [0.15, 0.2) is 17.0 Å². The summed E-state index contributed by atoms with van der Waals surface area (Å²) in [5, 5.41) is 2.14. The van der Waals surface area contributed by atoms with Crippen molar-refractivity contribution in [1.82, 2.24) is 9.88 Å². The van der Waals surface area contributed by atoms with E-state index in [0.29, 0.717) is 12.6 Å². The van der Waals surface area contributed by atoms with Crippen LogP contribution in [-0.4, -0.2) is 23.5 Å². The molecule has 2 heterocycles. The molecule has 0 aliphatic carbocycles. The molecule has 0 fully saturated rings. The molecule has 0 aromatic carbocycles. The number of likely N-dealkylation sites (N-methyl/N-ethyl adjacent to an activating group) is 1. The Morgan fingerprint density at radius 3 is 2.67 bits per heavy atom. The smallest absolute Gasteiger partial charge is 0.0798 e. The lowest BCUT2D eigenvalue weighted by Gasteiger charge is -2.26. The van der Waals surface area contributed by atoms with Gasteiger partial charge in [0.25, 0.3) is 0 Å². The summed E-state index contributed by atoms with van der Waals surface area (Å²) in [4.78, 5) is 9.32. The maximum atomic E-state index is 5.95. The Morgan fingerprint density at radius 2 is 2.17 bits per heavy atom. The maximum absolute atomic E-state index is 5.95. The molecule has 2 rings (SSSR count). The summed E-state index contributed by atoms with van der Waals surface area (Å²) in [6.07, 6.45) is 0. The second-order valence-corrected chi connectivity index (χ2v) is 6.38. The molecule has 0 spiro atoms. The topological polar surface area (TPSA) is 42.1 Å². The number of thiophene rings is 1. The first-order valence-electron chi connectivity index (χ1n) is 5.96. The van der Waals surface area contributed by atoms with Crippen LogP contribution in [0.4, 0.5) is 0 Å². The standard InChI is InChI=1S/C13H19N3S2/c1-9-4-5-17-13(9)11(6-14)16(3)7-12-10(2)15-8-18-12/h4-5,8,11H,6-7,14H2,1-3H3. The summed E-state index contributed by atoms with van der Waals surface area (Å²) in [5.74, 6) is 0. The summed E-state index contributed by atoms with van der Waals surface area (Å²) in [6.45, 7) is 5.78. The summed E-state index contributed by atoms with van der Waals surface area (Å²) < 4.78 is 0. The molecule has 0 aliphatic heterocycles. The number of rotatable bonds is 5. The van der Waals surface area contributed by atoms with Crippen LogP contribution >= 0.6 is 22.7 Å². The van der Waals surface area contributed by atoms with Crippen molar-refractivity contribution in [3.8, 4) is 0 Å². The fraction of sp³-hybridized carbons (Fsp3) is 0.462. The highest BCUT2D eigenvalue weighted by Crippen LogP contribution is 2.29. The van der Waals surface area contributed by atoms with Gasteiger partial charge >= 0.3 is 0 Å². The highest BCUT2D eigenvalue weighted by molar-refractivity contribution is 7.10. The Balaban J connectivity index is 2.14. The second kappa shape index (κ2) is 5.93. The Bertz CT molecular complexity index is 504. The molecule has 0 saturated heterocycles. The molecule has 0 bridgehead atoms. The first kappa shape index (κ1) is 13.7. The van der Waals surface area contributed by atoms with Crippen LogP contribution in [0.25, 0.3) is 0 Å². The third-order valence-electron chi connectivity index (χ3n) is 3.20. The number of nitrogens with zero attached hydrogens (tertiary/aromatic N) is 2. The predicted molar refractivity (Wildman–Crippen MR) is 79.2 cm³/mol. The summed E-state index contributed by atoms with van der Waals surface area (Å²) in [7, 11) is 2.13. The Kier molecular flexibility index (Phi) is 4.50. The minimum Gasteiger partial charge on any atom is -0.329 e. The van der Waals surface area contributed by atoms with Crippen LogP contribution in [-0.2, 0) is 6.54 Å². The molecule has 1 atom stereocenters. The fourth-order valence-corrected chi connectivity index (χ4v) is 3.97. The summed E-state index contributed by atoms with van der Waals surface area (Å²) in [5.41, 5.74) is 10.3. The minimum atomic E-state index is 0.298. The average Bonchev–Trinajstić information content (AvgIpc) is 2.91. The van der Waals surface area contributed by atoms with E-state index in [1.54, 1.807) is 22.7 Å². The lowest BCUT2D eigenvalue weighted by atomic mass is 10.1. The average molecular weight is 281 g/mol. The van der Waals surface area contributed by atoms with Crippen molar-refractivity contribution < 1.29 is 0 Å². The molecule has 18 heavy (non-hydrogen) atoms. The van der Waals surface area contributed by atoms with Gasteiger partial charge in [0.2, 0.25) is 0 Å². The molecule has 0 saturated carbocycles. The van der Waals surface area contributed by atoms with E-state index in [9.17, 15) is 0 Å². The molecule has 5 heteroatoms. The van der Waals surface area contributed by atoms with Crippen molar-refractivity contribution in [1.29, 1.82) is 0 Å². The van der Waals surface area contributed by atoms with E-state index in [4.69, 9.17) is 5.73 Å². The molecular formula is C13H19N3S2. The lowest BCUT2D eigenvalue weighted by molar-refractivity contribution is 0.246. The van der Waals surface area contributed by atoms with Crippen molar-refractivity contribution in [2.45, 2.75) is 26.4 Å². The number of hydrogen-bond donors (Lipinski definition) is 1. The van der Waals surface area contributed by atoms with Crippen molar-refractivity contribution >= 4 is 22.7 Å². The second-order valence-electron chi connectivity index (χ2n) is 4.50. The quantitative estimate of drug-likeness (QED) is 0.916. The third kappa shape index (κ3) is 2.80. The van der Waals surface area contributed by atoms with Gasteiger partial charge in [0, 0.05) is 22.8 Å². The molecule has 2 N–H and O–H groups in total. The molecule has 0 amide bonds. The zero-order valence-electron chi connectivity index (χ0n) is 11.0. The molecule has 0 radical (unpaired) electrons. The zero-order valence-corrected chi connectivity index (χ0v) is 12.6. The van der Waals surface area contributed by atoms with Gasteiger partial charge in [-0.2, -0.15) is 0 Å². The zero-order chi connectivity index (χ0) is 13.1. The van der Waals surface area contributed by atoms with Gasteiger partial charge in [-0.25, -0.2) is 4.98 Å². The molecule has 3 nitrogen and oxygen atoms in total. The maximum Gasteiger partial charge on any atom is 0.0798 e. The highest BCUT2D eigenvalue weighted by atomic mass is 32.1. The van der Waals surface area contributed by atoms with E-state index in [1.165, 1.54) is 15.3 Å². The molecular weight excluding hydrogens is 262 g/mol. The summed E-state index contributed by atoms with van der Waals surface area (Å²) in [6, 6.07) is 2.46. The number of thiazole rings is 1. The van der Waals surface area contributed by atoms with Gasteiger partial charge in [0.05, 0.1) is 17.2 Å². The molecule has 2 aromatic rings. The summed E-state index contributed by atoms with van der Waals surface area (Å²) >= 11 is 3.51.